The number of nitrogens with one attached hydrogen (secondary N) is 1. The third-order valence-electron chi connectivity index (χ3n) is 6.44. The van der Waals surface area contributed by atoms with E-state index in [1.165, 1.54) is 12.7 Å². The van der Waals surface area contributed by atoms with Crippen molar-refractivity contribution in [2.75, 3.05) is 23.3 Å². The van der Waals surface area contributed by atoms with E-state index in [9.17, 15) is 9.90 Å². The van der Waals surface area contributed by atoms with Crippen molar-refractivity contribution in [3.63, 3.8) is 0 Å². The van der Waals surface area contributed by atoms with Gasteiger partial charge in [-0.3, -0.25) is 9.78 Å². The summed E-state index contributed by atoms with van der Waals surface area (Å²) in [6.45, 7) is 7.36. The van der Waals surface area contributed by atoms with Crippen LogP contribution in [0.1, 0.15) is 61.4 Å². The highest BCUT2D eigenvalue weighted by Gasteiger charge is 2.21. The minimum atomic E-state index is -0.751. The Bertz CT molecular complexity index is 1380. The number of rotatable bonds is 7. The van der Waals surface area contributed by atoms with Gasteiger partial charge in [0.1, 0.15) is 11.9 Å². The number of hydrogen-bond donors (Lipinski definition) is 2. The monoisotopic (exact) mass is 488 g/mol. The molecule has 1 fully saturated rings. The van der Waals surface area contributed by atoms with Crippen molar-refractivity contribution in [3.05, 3.63) is 60.1 Å². The lowest BCUT2D eigenvalue weighted by Gasteiger charge is -2.30. The van der Waals surface area contributed by atoms with Crippen LogP contribution in [0.25, 0.3) is 17.1 Å². The van der Waals surface area contributed by atoms with Crippen LogP contribution in [0.4, 0.5) is 11.4 Å². The summed E-state index contributed by atoms with van der Waals surface area (Å²) in [7, 11) is 0. The lowest BCUT2D eigenvalue weighted by Crippen LogP contribution is -2.30. The Morgan fingerprint density at radius 2 is 1.97 bits per heavy atom. The maximum absolute atomic E-state index is 13.2. The second-order valence-corrected chi connectivity index (χ2v) is 10.1. The molecule has 0 bridgehead atoms. The van der Waals surface area contributed by atoms with Crippen molar-refractivity contribution in [2.45, 2.75) is 58.5 Å². The summed E-state index contributed by atoms with van der Waals surface area (Å²) in [5, 5.41) is 13.2. The van der Waals surface area contributed by atoms with Crippen molar-refractivity contribution >= 4 is 22.9 Å². The van der Waals surface area contributed by atoms with Crippen LogP contribution in [-0.4, -0.2) is 49.1 Å². The molecule has 5 rings (SSSR count). The first-order valence-electron chi connectivity index (χ1n) is 12.4. The van der Waals surface area contributed by atoms with Gasteiger partial charge in [-0.05, 0) is 65.0 Å². The Balaban J connectivity index is 1.44. The topological polar surface area (TPSA) is 109 Å². The molecule has 0 spiro atoms. The normalized spacial score (nSPS) is 14.4. The van der Waals surface area contributed by atoms with Gasteiger partial charge >= 0.3 is 0 Å². The van der Waals surface area contributed by atoms with Crippen LogP contribution in [0.2, 0.25) is 0 Å². The third-order valence-corrected chi connectivity index (χ3v) is 6.44. The van der Waals surface area contributed by atoms with Gasteiger partial charge in [0.15, 0.2) is 5.69 Å². The number of aryl methyl sites for hydroxylation is 2. The van der Waals surface area contributed by atoms with E-state index in [-0.39, 0.29) is 11.6 Å². The Labute approximate surface area is 210 Å². The molecule has 1 aliphatic heterocycles. The van der Waals surface area contributed by atoms with Crippen molar-refractivity contribution in [1.82, 2.24) is 19.4 Å². The molecule has 0 atom stereocenters. The van der Waals surface area contributed by atoms with Crippen LogP contribution in [0.3, 0.4) is 0 Å². The molecule has 4 aromatic rings. The smallest absolute Gasteiger partial charge is 0.277 e. The molecule has 1 aliphatic rings. The fraction of sp³-hybridized carbons (Fsp3) is 0.407. The number of oxazole rings is 1. The summed E-state index contributed by atoms with van der Waals surface area (Å²) in [4.78, 5) is 28.9. The third kappa shape index (κ3) is 5.41. The molecule has 0 aromatic carbocycles. The predicted octanol–water partition coefficient (Wildman–Crippen LogP) is 4.64. The number of nitrogens with zero attached hydrogens (tertiary/aromatic N) is 5. The van der Waals surface area contributed by atoms with E-state index in [2.05, 4.69) is 20.2 Å². The Morgan fingerprint density at radius 1 is 1.17 bits per heavy atom. The van der Waals surface area contributed by atoms with Gasteiger partial charge in [-0.2, -0.15) is 0 Å². The van der Waals surface area contributed by atoms with E-state index in [0.29, 0.717) is 24.4 Å². The van der Waals surface area contributed by atoms with E-state index in [4.69, 9.17) is 9.40 Å². The number of hydrogen-bond acceptors (Lipinski definition) is 7. The summed E-state index contributed by atoms with van der Waals surface area (Å²) >= 11 is 0. The fourth-order valence-corrected chi connectivity index (χ4v) is 4.50. The first-order chi connectivity index (χ1) is 17.2. The molecule has 4 aromatic heterocycles. The van der Waals surface area contributed by atoms with Crippen LogP contribution in [0, 0.1) is 6.92 Å². The number of amides is 1. The summed E-state index contributed by atoms with van der Waals surface area (Å²) < 4.78 is 7.52. The number of imidazole rings is 1. The molecular formula is C27H32N6O3. The molecular weight excluding hydrogens is 456 g/mol. The highest BCUT2D eigenvalue weighted by atomic mass is 16.3. The van der Waals surface area contributed by atoms with E-state index in [1.54, 1.807) is 26.1 Å². The summed E-state index contributed by atoms with van der Waals surface area (Å²) in [6, 6.07) is 5.70. The van der Waals surface area contributed by atoms with Gasteiger partial charge in [0.25, 0.3) is 5.91 Å². The zero-order chi connectivity index (χ0) is 25.3. The zero-order valence-corrected chi connectivity index (χ0v) is 21.0. The van der Waals surface area contributed by atoms with Crippen molar-refractivity contribution in [2.24, 2.45) is 0 Å². The van der Waals surface area contributed by atoms with Gasteiger partial charge in [-0.15, -0.1) is 0 Å². The molecule has 0 unspecified atom stereocenters. The first-order valence-corrected chi connectivity index (χ1v) is 12.4. The van der Waals surface area contributed by atoms with Crippen molar-refractivity contribution < 1.29 is 14.3 Å². The van der Waals surface area contributed by atoms with E-state index < -0.39 is 5.60 Å². The lowest BCUT2D eigenvalue weighted by molar-refractivity contribution is 0.0711. The second-order valence-electron chi connectivity index (χ2n) is 10.1. The van der Waals surface area contributed by atoms with Gasteiger partial charge in [-0.1, -0.05) is 0 Å². The number of piperidine rings is 1. The first kappa shape index (κ1) is 24.0. The average Bonchev–Trinajstić information content (AvgIpc) is 3.50. The Hall–Kier alpha value is -3.72. The predicted molar refractivity (Wildman–Crippen MR) is 138 cm³/mol. The fourth-order valence-electron chi connectivity index (χ4n) is 4.50. The number of fused-ring (bicyclic) bond motifs is 1. The molecule has 0 saturated carbocycles. The highest BCUT2D eigenvalue weighted by Crippen LogP contribution is 2.31. The standard InChI is InChI=1S/C27H32N6O3/c1-18-13-19(8-10-28-18)26-31-22(17-36-26)25(34)30-21-16-33-15-20(7-9-27(2,3)35)29-24(33)14-23(21)32-11-5-4-6-12-32/h8,10,13-17,35H,4-7,9,11-12H2,1-3H3,(H,30,34). The quantitative estimate of drug-likeness (QED) is 0.390. The SMILES string of the molecule is Cc1cc(-c2nc(C(=O)Nc3cn4cc(CCC(C)(C)O)nc4cc3N3CCCCC3)co2)ccn1. The maximum Gasteiger partial charge on any atom is 0.277 e. The zero-order valence-electron chi connectivity index (χ0n) is 21.0. The second kappa shape index (κ2) is 9.73. The molecule has 188 valence electrons. The van der Waals surface area contributed by atoms with Gasteiger partial charge in [0.2, 0.25) is 5.89 Å². The van der Waals surface area contributed by atoms with Crippen LogP contribution < -0.4 is 10.2 Å². The molecule has 9 nitrogen and oxygen atoms in total. The van der Waals surface area contributed by atoms with E-state index in [0.717, 1.165) is 54.2 Å². The molecule has 2 N–H and O–H groups in total. The summed E-state index contributed by atoms with van der Waals surface area (Å²) in [5.41, 5.74) is 4.44. The molecule has 1 saturated heterocycles. The van der Waals surface area contributed by atoms with Crippen LogP contribution in [-0.2, 0) is 6.42 Å². The number of anilines is 2. The molecule has 36 heavy (non-hydrogen) atoms. The Morgan fingerprint density at radius 3 is 2.72 bits per heavy atom. The molecule has 1 amide bonds. The number of aromatic nitrogens is 4. The number of carbonyl (C=O) groups excluding carboxylic acids is 1. The van der Waals surface area contributed by atoms with Gasteiger partial charge < -0.3 is 24.1 Å². The number of pyridine rings is 2. The summed E-state index contributed by atoms with van der Waals surface area (Å²) in [6.07, 6.45) is 11.7. The molecule has 0 aliphatic carbocycles. The van der Waals surface area contributed by atoms with Gasteiger partial charge in [0, 0.05) is 49.0 Å². The van der Waals surface area contributed by atoms with Gasteiger partial charge in [-0.25, -0.2) is 9.97 Å². The molecule has 9 heteroatoms. The molecule has 0 radical (unpaired) electrons. The maximum atomic E-state index is 13.2. The lowest BCUT2D eigenvalue weighted by atomic mass is 10.0. The highest BCUT2D eigenvalue weighted by molar-refractivity contribution is 6.04. The van der Waals surface area contributed by atoms with Crippen molar-refractivity contribution in [1.29, 1.82) is 0 Å². The average molecular weight is 489 g/mol. The Kier molecular flexibility index (Phi) is 6.49. The number of carbonyl (C=O) groups is 1. The van der Waals surface area contributed by atoms with Crippen LogP contribution in [0.5, 0.6) is 0 Å². The minimum absolute atomic E-state index is 0.209. The van der Waals surface area contributed by atoms with Crippen LogP contribution >= 0.6 is 0 Å². The summed E-state index contributed by atoms with van der Waals surface area (Å²) in [5.74, 6) is 0.0409. The number of aliphatic hydroxyl groups is 1. The van der Waals surface area contributed by atoms with Crippen LogP contribution in [0.15, 0.2) is 47.5 Å². The molecule has 5 heterocycles. The van der Waals surface area contributed by atoms with E-state index in [1.807, 2.05) is 35.9 Å². The van der Waals surface area contributed by atoms with Gasteiger partial charge in [0.05, 0.1) is 22.7 Å². The largest absolute Gasteiger partial charge is 0.444 e. The minimum Gasteiger partial charge on any atom is -0.444 e. The van der Waals surface area contributed by atoms with Crippen molar-refractivity contribution in [3.8, 4) is 11.5 Å². The van der Waals surface area contributed by atoms with E-state index >= 15 is 0 Å².